The molecule has 1 aromatic rings. The van der Waals surface area contributed by atoms with E-state index >= 15 is 0 Å². The second kappa shape index (κ2) is 4.27. The van der Waals surface area contributed by atoms with Gasteiger partial charge in [-0.2, -0.15) is 0 Å². The van der Waals surface area contributed by atoms with Crippen molar-refractivity contribution in [2.75, 3.05) is 6.61 Å². The molecule has 0 saturated heterocycles. The van der Waals surface area contributed by atoms with Gasteiger partial charge in [0.05, 0.1) is 0 Å². The normalized spacial score (nSPS) is 8.92. The van der Waals surface area contributed by atoms with Gasteiger partial charge < -0.3 is 4.74 Å². The third-order valence-electron chi connectivity index (χ3n) is 1.45. The molecule has 0 fully saturated rings. The van der Waals surface area contributed by atoms with Gasteiger partial charge in [0.25, 0.3) is 0 Å². The number of hydrogen-bond donors (Lipinski definition) is 0. The van der Waals surface area contributed by atoms with Gasteiger partial charge in [-0.1, -0.05) is 5.92 Å². The Balaban J connectivity index is 2.71. The lowest BCUT2D eigenvalue weighted by atomic mass is 10.2. The van der Waals surface area contributed by atoms with Gasteiger partial charge >= 0.3 is 0 Å². The van der Waals surface area contributed by atoms with Crippen molar-refractivity contribution in [1.82, 2.24) is 4.98 Å². The Labute approximate surface area is 76.8 Å². The van der Waals surface area contributed by atoms with Gasteiger partial charge in [-0.25, -0.2) is 4.98 Å². The maximum absolute atomic E-state index is 10.9. The predicted octanol–water partition coefficient (Wildman–Crippen LogP) is 1.30. The molecule has 0 aromatic carbocycles. The number of terminal acetylenes is 1. The van der Waals surface area contributed by atoms with Crippen molar-refractivity contribution in [2.45, 2.75) is 6.92 Å². The molecule has 0 saturated carbocycles. The minimum Gasteiger partial charge on any atom is -0.464 e. The summed E-state index contributed by atoms with van der Waals surface area (Å²) in [5.41, 5.74) is 0.563. The summed E-state index contributed by atoms with van der Waals surface area (Å²) in [6.45, 7) is 1.67. The summed E-state index contributed by atoms with van der Waals surface area (Å²) in [4.78, 5) is 14.8. The first kappa shape index (κ1) is 9.27. The van der Waals surface area contributed by atoms with Crippen molar-refractivity contribution >= 4 is 5.78 Å². The lowest BCUT2D eigenvalue weighted by Crippen LogP contribution is -1.98. The van der Waals surface area contributed by atoms with Crippen molar-refractivity contribution in [1.29, 1.82) is 0 Å². The molecule has 1 rings (SSSR count). The van der Waals surface area contributed by atoms with Crippen LogP contribution in [0.5, 0.6) is 5.88 Å². The number of hydrogen-bond acceptors (Lipinski definition) is 3. The maximum Gasteiger partial charge on any atom is 0.214 e. The monoisotopic (exact) mass is 175 g/mol. The Morgan fingerprint density at radius 3 is 2.92 bits per heavy atom. The van der Waals surface area contributed by atoms with Crippen LogP contribution in [0.4, 0.5) is 0 Å². The molecule has 0 radical (unpaired) electrons. The summed E-state index contributed by atoms with van der Waals surface area (Å²) in [7, 11) is 0. The number of ketones is 1. The number of Topliss-reactive ketones (excluding diaryl/α,β-unsaturated/α-hetero) is 1. The van der Waals surface area contributed by atoms with Gasteiger partial charge in [0.2, 0.25) is 5.88 Å². The molecule has 0 unspecified atom stereocenters. The molecule has 0 aliphatic carbocycles. The molecule has 1 heterocycles. The van der Waals surface area contributed by atoms with Crippen LogP contribution in [0.3, 0.4) is 0 Å². The maximum atomic E-state index is 10.9. The van der Waals surface area contributed by atoms with E-state index in [9.17, 15) is 4.79 Å². The quantitative estimate of drug-likeness (QED) is 0.513. The van der Waals surface area contributed by atoms with Crippen LogP contribution in [0.15, 0.2) is 18.3 Å². The molecule has 0 N–H and O–H groups in total. The van der Waals surface area contributed by atoms with Crippen LogP contribution in [-0.2, 0) is 0 Å². The van der Waals surface area contributed by atoms with Crippen LogP contribution in [-0.4, -0.2) is 17.4 Å². The predicted molar refractivity (Wildman–Crippen MR) is 48.6 cm³/mol. The van der Waals surface area contributed by atoms with Crippen LogP contribution < -0.4 is 4.74 Å². The van der Waals surface area contributed by atoms with Gasteiger partial charge in [0.1, 0.15) is 0 Å². The first-order valence-electron chi connectivity index (χ1n) is 3.77. The first-order valence-corrected chi connectivity index (χ1v) is 3.77. The molecule has 3 nitrogen and oxygen atoms in total. The molecule has 0 aliphatic heterocycles. The third-order valence-corrected chi connectivity index (χ3v) is 1.45. The summed E-state index contributed by atoms with van der Waals surface area (Å²) in [6, 6.07) is 3.27. The molecule has 0 atom stereocenters. The SMILES string of the molecule is C#CCOc1ccc(C(C)=O)cn1. The van der Waals surface area contributed by atoms with Crippen LogP contribution in [0, 0.1) is 12.3 Å². The van der Waals surface area contributed by atoms with Crippen LogP contribution in [0.25, 0.3) is 0 Å². The van der Waals surface area contributed by atoms with Crippen molar-refractivity contribution < 1.29 is 9.53 Å². The van der Waals surface area contributed by atoms with Gasteiger partial charge in [-0.3, -0.25) is 4.79 Å². The van der Waals surface area contributed by atoms with E-state index in [2.05, 4.69) is 10.9 Å². The van der Waals surface area contributed by atoms with Gasteiger partial charge in [-0.15, -0.1) is 6.42 Å². The molecule has 66 valence electrons. The Kier molecular flexibility index (Phi) is 3.04. The van der Waals surface area contributed by atoms with Gasteiger partial charge in [-0.05, 0) is 13.0 Å². The zero-order valence-corrected chi connectivity index (χ0v) is 7.28. The molecule has 13 heavy (non-hydrogen) atoms. The largest absolute Gasteiger partial charge is 0.464 e. The highest BCUT2D eigenvalue weighted by Crippen LogP contribution is 2.07. The van der Waals surface area contributed by atoms with Gasteiger partial charge in [0, 0.05) is 17.8 Å². The van der Waals surface area contributed by atoms with Crippen molar-refractivity contribution in [3.8, 4) is 18.2 Å². The topological polar surface area (TPSA) is 39.2 Å². The number of rotatable bonds is 3. The number of carbonyl (C=O) groups is 1. The van der Waals surface area contributed by atoms with E-state index in [0.29, 0.717) is 11.4 Å². The van der Waals surface area contributed by atoms with E-state index in [1.165, 1.54) is 13.1 Å². The molecule has 0 spiro atoms. The highest BCUT2D eigenvalue weighted by molar-refractivity contribution is 5.93. The second-order valence-electron chi connectivity index (χ2n) is 2.43. The summed E-state index contributed by atoms with van der Waals surface area (Å²) in [6.07, 6.45) is 6.46. The fourth-order valence-electron chi connectivity index (χ4n) is 0.790. The number of aromatic nitrogens is 1. The van der Waals surface area contributed by atoms with Crippen molar-refractivity contribution in [3.05, 3.63) is 23.9 Å². The Bertz CT molecular complexity index is 335. The summed E-state index contributed by atoms with van der Waals surface area (Å²) in [5, 5.41) is 0. The molecular formula is C10H9NO2. The van der Waals surface area contributed by atoms with Crippen LogP contribution in [0.1, 0.15) is 17.3 Å². The van der Waals surface area contributed by atoms with Crippen LogP contribution in [0.2, 0.25) is 0 Å². The zero-order valence-electron chi connectivity index (χ0n) is 7.28. The smallest absolute Gasteiger partial charge is 0.214 e. The van der Waals surface area contributed by atoms with E-state index in [0.717, 1.165) is 0 Å². The fraction of sp³-hybridized carbons (Fsp3) is 0.200. The Morgan fingerprint density at radius 2 is 2.46 bits per heavy atom. The summed E-state index contributed by atoms with van der Waals surface area (Å²) >= 11 is 0. The number of ether oxygens (including phenoxy) is 1. The van der Waals surface area contributed by atoms with E-state index in [1.807, 2.05) is 0 Å². The van der Waals surface area contributed by atoms with E-state index in [-0.39, 0.29) is 12.4 Å². The highest BCUT2D eigenvalue weighted by Gasteiger charge is 1.99. The number of pyridine rings is 1. The minimum absolute atomic E-state index is 0.0176. The Hall–Kier alpha value is -1.82. The van der Waals surface area contributed by atoms with E-state index in [4.69, 9.17) is 11.2 Å². The lowest BCUT2D eigenvalue weighted by molar-refractivity contribution is 0.101. The van der Waals surface area contributed by atoms with E-state index < -0.39 is 0 Å². The fourth-order valence-corrected chi connectivity index (χ4v) is 0.790. The highest BCUT2D eigenvalue weighted by atomic mass is 16.5. The minimum atomic E-state index is -0.0176. The zero-order chi connectivity index (χ0) is 9.68. The van der Waals surface area contributed by atoms with Crippen LogP contribution >= 0.6 is 0 Å². The first-order chi connectivity index (χ1) is 6.24. The molecule has 0 amide bonds. The van der Waals surface area contributed by atoms with E-state index in [1.54, 1.807) is 12.1 Å². The number of nitrogens with zero attached hydrogens (tertiary/aromatic N) is 1. The summed E-state index contributed by atoms with van der Waals surface area (Å²) in [5.74, 6) is 2.74. The lowest BCUT2D eigenvalue weighted by Gasteiger charge is -2.00. The van der Waals surface area contributed by atoms with Crippen molar-refractivity contribution in [3.63, 3.8) is 0 Å². The number of carbonyl (C=O) groups excluding carboxylic acids is 1. The molecule has 1 aromatic heterocycles. The Morgan fingerprint density at radius 1 is 1.69 bits per heavy atom. The molecular weight excluding hydrogens is 166 g/mol. The summed E-state index contributed by atoms with van der Waals surface area (Å²) < 4.78 is 5.03. The average molecular weight is 175 g/mol. The molecule has 0 bridgehead atoms. The molecule has 3 heteroatoms. The van der Waals surface area contributed by atoms with Crippen molar-refractivity contribution in [2.24, 2.45) is 0 Å². The van der Waals surface area contributed by atoms with Gasteiger partial charge in [0.15, 0.2) is 12.4 Å². The third kappa shape index (κ3) is 2.60. The molecule has 0 aliphatic rings. The second-order valence-corrected chi connectivity index (χ2v) is 2.43. The average Bonchev–Trinajstić information content (AvgIpc) is 2.15. The standard InChI is InChI=1S/C10H9NO2/c1-3-6-13-10-5-4-9(7-11-10)8(2)12/h1,4-5,7H,6H2,2H3.